The minimum absolute atomic E-state index is 0.0578. The van der Waals surface area contributed by atoms with Crippen LogP contribution in [0.2, 0.25) is 0 Å². The Balaban J connectivity index is 2.05. The summed E-state index contributed by atoms with van der Waals surface area (Å²) in [7, 11) is 0. The van der Waals surface area contributed by atoms with Gasteiger partial charge in [-0.2, -0.15) is 0 Å². The van der Waals surface area contributed by atoms with Crippen molar-refractivity contribution in [3.05, 3.63) is 35.4 Å². The van der Waals surface area contributed by atoms with Crippen molar-refractivity contribution in [2.24, 2.45) is 0 Å². The molecule has 1 unspecified atom stereocenters. The van der Waals surface area contributed by atoms with Crippen molar-refractivity contribution in [3.8, 4) is 0 Å². The molecular weight excluding hydrogens is 246 g/mol. The van der Waals surface area contributed by atoms with Crippen LogP contribution in [0, 0.1) is 6.92 Å². The monoisotopic (exact) mass is 265 g/mol. The summed E-state index contributed by atoms with van der Waals surface area (Å²) in [6.07, 6.45) is 4.65. The number of rotatable bonds is 2. The first-order valence-electron chi connectivity index (χ1n) is 6.68. The molecule has 0 radical (unpaired) electrons. The number of aryl methyl sites for hydroxylation is 1. The highest BCUT2D eigenvalue weighted by Gasteiger charge is 2.24. The second kappa shape index (κ2) is 6.24. The Morgan fingerprint density at radius 2 is 1.67 bits per heavy atom. The van der Waals surface area contributed by atoms with E-state index in [-0.39, 0.29) is 5.91 Å². The number of carbonyl (C=O) groups is 1. The molecule has 1 aliphatic rings. The summed E-state index contributed by atoms with van der Waals surface area (Å²) < 4.78 is 0. The number of amides is 1. The van der Waals surface area contributed by atoms with Crippen molar-refractivity contribution in [2.75, 3.05) is 13.1 Å². The molecule has 2 rings (SSSR count). The molecule has 1 atom stereocenters. The van der Waals surface area contributed by atoms with Gasteiger partial charge in [0.05, 0.1) is 0 Å². The van der Waals surface area contributed by atoms with Gasteiger partial charge in [0.15, 0.2) is 0 Å². The topological polar surface area (TPSA) is 20.3 Å². The van der Waals surface area contributed by atoms with E-state index in [9.17, 15) is 4.79 Å². The first-order chi connectivity index (χ1) is 8.68. The average molecular weight is 266 g/mol. The maximum Gasteiger partial charge on any atom is 0.245 e. The van der Waals surface area contributed by atoms with Gasteiger partial charge in [0.1, 0.15) is 5.38 Å². The van der Waals surface area contributed by atoms with Gasteiger partial charge in [0.2, 0.25) is 5.91 Å². The molecule has 98 valence electrons. The van der Waals surface area contributed by atoms with Crippen LogP contribution in [0.25, 0.3) is 0 Å². The van der Waals surface area contributed by atoms with Gasteiger partial charge >= 0.3 is 0 Å². The van der Waals surface area contributed by atoms with E-state index >= 15 is 0 Å². The van der Waals surface area contributed by atoms with E-state index in [1.54, 1.807) is 0 Å². The molecule has 0 aliphatic carbocycles. The summed E-state index contributed by atoms with van der Waals surface area (Å²) in [6, 6.07) is 7.90. The van der Waals surface area contributed by atoms with Gasteiger partial charge in [-0.05, 0) is 25.3 Å². The number of benzene rings is 1. The molecule has 0 aromatic heterocycles. The summed E-state index contributed by atoms with van der Waals surface area (Å²) in [6.45, 7) is 3.74. The Kier molecular flexibility index (Phi) is 4.65. The van der Waals surface area contributed by atoms with Gasteiger partial charge in [-0.15, -0.1) is 11.6 Å². The van der Waals surface area contributed by atoms with E-state index in [1.165, 1.54) is 18.4 Å². The lowest BCUT2D eigenvalue weighted by atomic mass is 10.1. The summed E-state index contributed by atoms with van der Waals surface area (Å²) in [5.41, 5.74) is 2.08. The number of hydrogen-bond donors (Lipinski definition) is 0. The van der Waals surface area contributed by atoms with Crippen molar-refractivity contribution in [1.29, 1.82) is 0 Å². The zero-order valence-electron chi connectivity index (χ0n) is 10.9. The molecule has 18 heavy (non-hydrogen) atoms. The van der Waals surface area contributed by atoms with Crippen molar-refractivity contribution in [2.45, 2.75) is 38.0 Å². The third kappa shape index (κ3) is 3.26. The molecule has 0 N–H and O–H groups in total. The van der Waals surface area contributed by atoms with Crippen LogP contribution in [0.5, 0.6) is 0 Å². The van der Waals surface area contributed by atoms with Gasteiger partial charge in [-0.3, -0.25) is 4.79 Å². The first kappa shape index (κ1) is 13.4. The molecule has 1 saturated heterocycles. The lowest BCUT2D eigenvalue weighted by molar-refractivity contribution is -0.130. The molecule has 1 amide bonds. The maximum atomic E-state index is 12.3. The summed E-state index contributed by atoms with van der Waals surface area (Å²) in [5.74, 6) is 0.0578. The Hall–Kier alpha value is -1.02. The van der Waals surface area contributed by atoms with Gasteiger partial charge in [0.25, 0.3) is 0 Å². The fourth-order valence-corrected chi connectivity index (χ4v) is 2.61. The molecule has 1 aromatic carbocycles. The van der Waals surface area contributed by atoms with E-state index in [2.05, 4.69) is 0 Å². The largest absolute Gasteiger partial charge is 0.341 e. The Morgan fingerprint density at radius 3 is 2.22 bits per heavy atom. The Morgan fingerprint density at radius 1 is 1.11 bits per heavy atom. The number of nitrogens with zero attached hydrogens (tertiary/aromatic N) is 1. The summed E-state index contributed by atoms with van der Waals surface area (Å²) in [4.78, 5) is 14.3. The van der Waals surface area contributed by atoms with E-state index in [0.717, 1.165) is 31.5 Å². The lowest BCUT2D eigenvalue weighted by Crippen LogP contribution is -2.34. The molecule has 2 nitrogen and oxygen atoms in total. The second-order valence-corrected chi connectivity index (χ2v) is 5.45. The van der Waals surface area contributed by atoms with Crippen LogP contribution < -0.4 is 0 Å². The molecule has 1 fully saturated rings. The fourth-order valence-electron chi connectivity index (χ4n) is 2.33. The van der Waals surface area contributed by atoms with Gasteiger partial charge in [-0.25, -0.2) is 0 Å². The van der Waals surface area contributed by atoms with Crippen LogP contribution in [0.3, 0.4) is 0 Å². The molecule has 0 saturated carbocycles. The highest BCUT2D eigenvalue weighted by atomic mass is 35.5. The zero-order valence-corrected chi connectivity index (χ0v) is 11.6. The van der Waals surface area contributed by atoms with Gasteiger partial charge in [-0.1, -0.05) is 42.7 Å². The lowest BCUT2D eigenvalue weighted by Gasteiger charge is -2.23. The van der Waals surface area contributed by atoms with Crippen LogP contribution in [0.4, 0.5) is 0 Å². The summed E-state index contributed by atoms with van der Waals surface area (Å²) >= 11 is 6.30. The molecule has 3 heteroatoms. The van der Waals surface area contributed by atoms with E-state index in [1.807, 2.05) is 36.1 Å². The first-order valence-corrected chi connectivity index (χ1v) is 7.11. The van der Waals surface area contributed by atoms with E-state index in [4.69, 9.17) is 11.6 Å². The molecular formula is C15H20ClNO. The maximum absolute atomic E-state index is 12.3. The third-order valence-electron chi connectivity index (χ3n) is 3.50. The smallest absolute Gasteiger partial charge is 0.245 e. The van der Waals surface area contributed by atoms with Gasteiger partial charge in [0, 0.05) is 13.1 Å². The number of hydrogen-bond acceptors (Lipinski definition) is 1. The molecule has 0 spiro atoms. The average Bonchev–Trinajstić information content (AvgIpc) is 2.67. The molecule has 1 aliphatic heterocycles. The van der Waals surface area contributed by atoms with Crippen molar-refractivity contribution in [3.63, 3.8) is 0 Å². The quantitative estimate of drug-likeness (QED) is 0.747. The second-order valence-electron chi connectivity index (χ2n) is 5.01. The van der Waals surface area contributed by atoms with Gasteiger partial charge < -0.3 is 4.90 Å². The van der Waals surface area contributed by atoms with Crippen LogP contribution in [-0.4, -0.2) is 23.9 Å². The molecule has 1 aromatic rings. The Labute approximate surface area is 114 Å². The number of carbonyl (C=O) groups excluding carboxylic acids is 1. The Bertz CT molecular complexity index is 393. The normalized spacial score (nSPS) is 18.2. The van der Waals surface area contributed by atoms with Crippen LogP contribution >= 0.6 is 11.6 Å². The van der Waals surface area contributed by atoms with Crippen molar-refractivity contribution in [1.82, 2.24) is 4.90 Å². The SMILES string of the molecule is Cc1ccc(C(Cl)C(=O)N2CCCCCC2)cc1. The third-order valence-corrected chi connectivity index (χ3v) is 3.94. The van der Waals surface area contributed by atoms with E-state index < -0.39 is 5.38 Å². The number of alkyl halides is 1. The van der Waals surface area contributed by atoms with Crippen LogP contribution in [-0.2, 0) is 4.79 Å². The van der Waals surface area contributed by atoms with Crippen molar-refractivity contribution < 1.29 is 4.79 Å². The van der Waals surface area contributed by atoms with Crippen molar-refractivity contribution >= 4 is 17.5 Å². The summed E-state index contributed by atoms with van der Waals surface area (Å²) in [5, 5.41) is -0.538. The highest BCUT2D eigenvalue weighted by molar-refractivity contribution is 6.30. The number of halogens is 1. The van der Waals surface area contributed by atoms with Crippen LogP contribution in [0.15, 0.2) is 24.3 Å². The van der Waals surface area contributed by atoms with Crippen LogP contribution in [0.1, 0.15) is 42.2 Å². The van der Waals surface area contributed by atoms with E-state index in [0.29, 0.717) is 0 Å². The minimum Gasteiger partial charge on any atom is -0.341 e. The highest BCUT2D eigenvalue weighted by Crippen LogP contribution is 2.24. The minimum atomic E-state index is -0.538. The number of likely N-dealkylation sites (tertiary alicyclic amines) is 1. The standard InChI is InChI=1S/C15H20ClNO/c1-12-6-8-13(9-7-12)14(16)15(18)17-10-4-2-3-5-11-17/h6-9,14H,2-5,10-11H2,1H3. The predicted octanol–water partition coefficient (Wildman–Crippen LogP) is 3.68. The molecule has 1 heterocycles. The fraction of sp³-hybridized carbons (Fsp3) is 0.533. The molecule has 0 bridgehead atoms. The zero-order chi connectivity index (χ0) is 13.0. The predicted molar refractivity (Wildman–Crippen MR) is 74.8 cm³/mol.